The molecule has 11 nitrogen and oxygen atoms in total. The van der Waals surface area contributed by atoms with E-state index in [9.17, 15) is 9.59 Å². The Morgan fingerprint density at radius 2 is 0.542 bits per heavy atom. The molecule has 0 aliphatic rings. The fourth-order valence-corrected chi connectivity index (χ4v) is 13.2. The average Bonchev–Trinajstić information content (AvgIpc) is 1.60. The maximum absolute atomic E-state index is 14.4. The lowest BCUT2D eigenvalue weighted by molar-refractivity contribution is 0.0464. The van der Waals surface area contributed by atoms with E-state index in [1.54, 1.807) is 0 Å². The van der Waals surface area contributed by atoms with Gasteiger partial charge in [-0.1, -0.05) is 251 Å². The minimum absolute atomic E-state index is 0.0885. The summed E-state index contributed by atoms with van der Waals surface area (Å²) in [5.74, 6) is 1.94. The average molecular weight is 1420 g/mol. The van der Waals surface area contributed by atoms with Gasteiger partial charge in [-0.15, -0.1) is 0 Å². The van der Waals surface area contributed by atoms with Crippen LogP contribution in [0.1, 0.15) is 243 Å². The smallest absolute Gasteiger partial charge is 0.338 e. The molecular formula is C96H107N7O4. The number of benzene rings is 9. The van der Waals surface area contributed by atoms with Crippen molar-refractivity contribution in [1.29, 1.82) is 0 Å². The molecule has 3 aromatic heterocycles. The Morgan fingerprint density at radius 3 is 0.813 bits per heavy atom. The molecule has 107 heavy (non-hydrogen) atoms. The minimum Gasteiger partial charge on any atom is -0.457 e. The van der Waals surface area contributed by atoms with Gasteiger partial charge in [0.2, 0.25) is 0 Å². The third-order valence-corrected chi connectivity index (χ3v) is 20.4. The number of esters is 2. The highest BCUT2D eigenvalue weighted by atomic mass is 16.5. The van der Waals surface area contributed by atoms with Gasteiger partial charge < -0.3 is 14.0 Å². The lowest BCUT2D eigenvalue weighted by Gasteiger charge is -2.26. The summed E-state index contributed by atoms with van der Waals surface area (Å²) >= 11 is 0. The standard InChI is InChI=1S/C96H107N7O4/c1-89(2,3)67-41-63(42-68(52-67)90(4,5)6)82-97-81(98-83(99-82)64-43-69(91(7,8)9)53-70(44-64)92(10,11)12)60-35-38-80(103-78-39-36-61(87(104)106-56-58-31-27-25-28-32-58)50-75(78)76-51-62(37-40-79(76)103)88(105)107-57-59-33-29-26-30-34-59)77(49-60)86-101-84(65-45-71(93(13,14)15)54-72(46-65)94(16,17)18)100-85(102-86)66-47-73(95(19,20)21)55-74(48-66)96(22,23)24/h25-55H,56-57H2,1-24H3. The Labute approximate surface area is 635 Å². The Morgan fingerprint density at radius 1 is 0.280 bits per heavy atom. The van der Waals surface area contributed by atoms with Crippen LogP contribution in [0.3, 0.4) is 0 Å². The minimum atomic E-state index is -0.490. The van der Waals surface area contributed by atoms with Gasteiger partial charge in [-0.3, -0.25) is 0 Å². The van der Waals surface area contributed by atoms with Gasteiger partial charge in [0, 0.05) is 44.2 Å². The number of carbonyl (C=O) groups is 2. The van der Waals surface area contributed by atoms with E-state index in [2.05, 4.69) is 262 Å². The van der Waals surface area contributed by atoms with E-state index in [-0.39, 0.29) is 56.5 Å². The fraction of sp³-hybridized carbons (Fsp3) is 0.354. The predicted octanol–water partition coefficient (Wildman–Crippen LogP) is 24.2. The van der Waals surface area contributed by atoms with E-state index in [0.717, 1.165) is 66.7 Å². The van der Waals surface area contributed by atoms with E-state index in [4.69, 9.17) is 39.4 Å². The first-order valence-corrected chi connectivity index (χ1v) is 37.7. The summed E-state index contributed by atoms with van der Waals surface area (Å²) in [4.78, 5) is 62.8. The van der Waals surface area contributed by atoms with Gasteiger partial charge in [0.15, 0.2) is 34.9 Å². The first kappa shape index (κ1) is 76.4. The molecule has 12 rings (SSSR count). The van der Waals surface area contributed by atoms with Gasteiger partial charge in [-0.2, -0.15) is 0 Å². The number of hydrogen-bond donors (Lipinski definition) is 0. The van der Waals surface area contributed by atoms with Crippen molar-refractivity contribution in [3.63, 3.8) is 0 Å². The monoisotopic (exact) mass is 1420 g/mol. The molecule has 0 fully saturated rings. The van der Waals surface area contributed by atoms with E-state index >= 15 is 0 Å². The second-order valence-electron chi connectivity index (χ2n) is 37.5. The molecule has 11 heteroatoms. The van der Waals surface area contributed by atoms with Crippen molar-refractivity contribution < 1.29 is 19.1 Å². The third-order valence-electron chi connectivity index (χ3n) is 20.4. The summed E-state index contributed by atoms with van der Waals surface area (Å²) in [5, 5.41) is 1.40. The number of fused-ring (bicyclic) bond motifs is 3. The van der Waals surface area contributed by atoms with Gasteiger partial charge in [0.1, 0.15) is 13.2 Å². The maximum atomic E-state index is 14.4. The predicted molar refractivity (Wildman–Crippen MR) is 441 cm³/mol. The van der Waals surface area contributed by atoms with Gasteiger partial charge in [0.05, 0.1) is 27.8 Å². The van der Waals surface area contributed by atoms with Gasteiger partial charge in [0.25, 0.3) is 0 Å². The zero-order chi connectivity index (χ0) is 77.5. The summed E-state index contributed by atoms with van der Waals surface area (Å²) in [6, 6.07) is 64.2. The van der Waals surface area contributed by atoms with E-state index in [1.165, 1.54) is 22.3 Å². The van der Waals surface area contributed by atoms with Crippen LogP contribution in [-0.2, 0) is 66.0 Å². The molecule has 0 atom stereocenters. The highest BCUT2D eigenvalue weighted by molar-refractivity contribution is 6.13. The van der Waals surface area contributed by atoms with E-state index in [1.807, 2.05) is 97.1 Å². The Bertz CT molecular complexity index is 4970. The quantitative estimate of drug-likeness (QED) is 0.103. The Hall–Kier alpha value is -10.3. The SMILES string of the molecule is CC(C)(C)c1cc(-c2nc(-c3cc(C(C)(C)C)cc(C(C)(C)C)c3)nc(-c3ccc(-n4c5ccc(C(=O)OCc6ccccc6)cc5c5cc(C(=O)OCc6ccccc6)ccc54)c(-c4nc(-c5cc(C(C)(C)C)cc(C(C)(C)C)c5)nc(-c5cc(C(C)(C)C)cc(C(C)(C)C)c5)n4)c3)n2)cc(C(C)(C)C)c1. The van der Waals surface area contributed by atoms with Crippen LogP contribution < -0.4 is 0 Å². The molecule has 0 saturated heterocycles. The van der Waals surface area contributed by atoms with Crippen molar-refractivity contribution in [3.05, 3.63) is 255 Å². The van der Waals surface area contributed by atoms with Gasteiger partial charge >= 0.3 is 11.9 Å². The van der Waals surface area contributed by atoms with Gasteiger partial charge in [-0.25, -0.2) is 39.5 Å². The van der Waals surface area contributed by atoms with Crippen LogP contribution in [0.5, 0.6) is 0 Å². The number of carbonyl (C=O) groups excluding carboxylic acids is 2. The second kappa shape index (κ2) is 28.1. The maximum Gasteiger partial charge on any atom is 0.338 e. The summed E-state index contributed by atoms with van der Waals surface area (Å²) in [5.41, 5.74) is 16.9. The lowest BCUT2D eigenvalue weighted by atomic mass is 9.79. The van der Waals surface area contributed by atoms with E-state index < -0.39 is 11.9 Å². The van der Waals surface area contributed by atoms with Crippen molar-refractivity contribution in [3.8, 4) is 74.0 Å². The van der Waals surface area contributed by atoms with Crippen LogP contribution in [0.15, 0.2) is 188 Å². The first-order chi connectivity index (χ1) is 49.8. The number of aromatic nitrogens is 7. The summed E-state index contributed by atoms with van der Waals surface area (Å²) in [6.45, 7) is 54.2. The summed E-state index contributed by atoms with van der Waals surface area (Å²) in [7, 11) is 0. The molecule has 0 N–H and O–H groups in total. The van der Waals surface area contributed by atoms with Crippen LogP contribution in [0.2, 0.25) is 0 Å². The zero-order valence-electron chi connectivity index (χ0n) is 67.6. The van der Waals surface area contributed by atoms with Crippen molar-refractivity contribution in [1.82, 2.24) is 34.5 Å². The molecule has 0 aliphatic heterocycles. The number of hydrogen-bond acceptors (Lipinski definition) is 10. The zero-order valence-corrected chi connectivity index (χ0v) is 67.6. The molecular weight excluding hydrogens is 1320 g/mol. The van der Waals surface area contributed by atoms with Crippen molar-refractivity contribution in [2.75, 3.05) is 0 Å². The molecule has 0 spiro atoms. The lowest BCUT2D eigenvalue weighted by Crippen LogP contribution is -2.17. The highest BCUT2D eigenvalue weighted by Crippen LogP contribution is 2.44. The molecule has 9 aromatic carbocycles. The van der Waals surface area contributed by atoms with Crippen molar-refractivity contribution in [2.45, 2.75) is 223 Å². The van der Waals surface area contributed by atoms with Crippen molar-refractivity contribution >= 4 is 33.7 Å². The largest absolute Gasteiger partial charge is 0.457 e. The topological polar surface area (TPSA) is 135 Å². The van der Waals surface area contributed by atoms with Gasteiger partial charge in [-0.05, 0) is 202 Å². The Balaban J connectivity index is 1.21. The normalized spacial score (nSPS) is 12.8. The van der Waals surface area contributed by atoms with Crippen LogP contribution in [0.25, 0.3) is 95.8 Å². The third kappa shape index (κ3) is 17.0. The first-order valence-electron chi connectivity index (χ1n) is 37.7. The van der Waals surface area contributed by atoms with E-state index in [0.29, 0.717) is 73.7 Å². The summed E-state index contributed by atoms with van der Waals surface area (Å²) < 4.78 is 14.2. The Kier molecular flexibility index (Phi) is 20.1. The molecule has 0 bridgehead atoms. The second-order valence-corrected chi connectivity index (χ2v) is 37.5. The molecule has 0 saturated carbocycles. The van der Waals surface area contributed by atoms with Crippen LogP contribution in [0.4, 0.5) is 0 Å². The molecule has 0 radical (unpaired) electrons. The molecule has 0 amide bonds. The van der Waals surface area contributed by atoms with Crippen molar-refractivity contribution in [2.24, 2.45) is 0 Å². The molecule has 3 heterocycles. The number of nitrogens with zero attached hydrogens (tertiary/aromatic N) is 7. The number of ether oxygens (including phenoxy) is 2. The van der Waals surface area contributed by atoms with Crippen LogP contribution in [0, 0.1) is 0 Å². The van der Waals surface area contributed by atoms with Crippen LogP contribution in [-0.4, -0.2) is 46.4 Å². The summed E-state index contributed by atoms with van der Waals surface area (Å²) in [6.07, 6.45) is 0. The molecule has 0 aliphatic carbocycles. The molecule has 0 unspecified atom stereocenters. The number of rotatable bonds is 13. The highest BCUT2D eigenvalue weighted by Gasteiger charge is 2.31. The molecule has 12 aromatic rings. The molecule has 550 valence electrons. The van der Waals surface area contributed by atoms with Crippen LogP contribution >= 0.6 is 0 Å². The fourth-order valence-electron chi connectivity index (χ4n) is 13.2.